The summed E-state index contributed by atoms with van der Waals surface area (Å²) < 4.78 is 0. The monoisotopic (exact) mass is 266 g/mol. The molecule has 0 aliphatic heterocycles. The summed E-state index contributed by atoms with van der Waals surface area (Å²) in [5, 5.41) is 3.50. The second-order valence-corrected chi connectivity index (χ2v) is 5.41. The third-order valence-corrected chi connectivity index (χ3v) is 3.76. The number of hydrogen-bond acceptors (Lipinski definition) is 2. The maximum Gasteiger partial charge on any atom is 0.224 e. The number of rotatable bonds is 3. The molecule has 3 nitrogen and oxygen atoms in total. The van der Waals surface area contributed by atoms with Crippen molar-refractivity contribution in [2.24, 2.45) is 11.7 Å². The first kappa shape index (κ1) is 13.4. The summed E-state index contributed by atoms with van der Waals surface area (Å²) in [5.41, 5.74) is 6.79. The maximum absolute atomic E-state index is 11.9. The zero-order valence-electron chi connectivity index (χ0n) is 10.4. The third-order valence-electron chi connectivity index (χ3n) is 3.52. The summed E-state index contributed by atoms with van der Waals surface area (Å²) >= 11 is 5.87. The molecule has 4 heteroatoms. The molecule has 0 radical (unpaired) electrons. The van der Waals surface area contributed by atoms with E-state index in [1.807, 2.05) is 12.1 Å². The van der Waals surface area contributed by atoms with E-state index in [1.54, 1.807) is 12.1 Å². The number of hydrogen-bond donors (Lipinski definition) is 2. The van der Waals surface area contributed by atoms with Gasteiger partial charge in [-0.05, 0) is 37.0 Å². The largest absolute Gasteiger partial charge is 0.327 e. The van der Waals surface area contributed by atoms with Crippen LogP contribution in [0.2, 0.25) is 5.02 Å². The SMILES string of the molecule is NC1CCCCC1CC(=O)Nc1cccc(Cl)c1. The van der Waals surface area contributed by atoms with Crippen LogP contribution in [-0.4, -0.2) is 11.9 Å². The van der Waals surface area contributed by atoms with Crippen molar-refractivity contribution < 1.29 is 4.79 Å². The van der Waals surface area contributed by atoms with Crippen molar-refractivity contribution in [2.45, 2.75) is 38.1 Å². The van der Waals surface area contributed by atoms with Crippen molar-refractivity contribution in [3.05, 3.63) is 29.3 Å². The number of carbonyl (C=O) groups excluding carboxylic acids is 1. The summed E-state index contributed by atoms with van der Waals surface area (Å²) in [4.78, 5) is 11.9. The van der Waals surface area contributed by atoms with Crippen molar-refractivity contribution in [2.75, 3.05) is 5.32 Å². The Morgan fingerprint density at radius 1 is 1.39 bits per heavy atom. The predicted octanol–water partition coefficient (Wildman–Crippen LogP) is 3.19. The summed E-state index contributed by atoms with van der Waals surface area (Å²) in [5.74, 6) is 0.345. The highest BCUT2D eigenvalue weighted by Gasteiger charge is 2.24. The molecule has 1 saturated carbocycles. The van der Waals surface area contributed by atoms with Gasteiger partial charge in [-0.1, -0.05) is 30.5 Å². The molecule has 1 aliphatic carbocycles. The van der Waals surface area contributed by atoms with E-state index in [9.17, 15) is 4.79 Å². The molecule has 0 aromatic heterocycles. The van der Waals surface area contributed by atoms with E-state index >= 15 is 0 Å². The van der Waals surface area contributed by atoms with Crippen LogP contribution in [-0.2, 0) is 4.79 Å². The van der Waals surface area contributed by atoms with Gasteiger partial charge in [-0.15, -0.1) is 0 Å². The average Bonchev–Trinajstić information content (AvgIpc) is 2.32. The Hall–Kier alpha value is -1.06. The van der Waals surface area contributed by atoms with Gasteiger partial charge < -0.3 is 11.1 Å². The molecule has 98 valence electrons. The number of halogens is 1. The molecule has 0 saturated heterocycles. The molecule has 1 aromatic carbocycles. The standard InChI is InChI=1S/C14H19ClN2O/c15-11-5-3-6-12(9-11)17-14(18)8-10-4-1-2-7-13(10)16/h3,5-6,9-10,13H,1-2,4,7-8,16H2,(H,17,18). The van der Waals surface area contributed by atoms with Crippen LogP contribution in [0.5, 0.6) is 0 Å². The van der Waals surface area contributed by atoms with Crippen molar-refractivity contribution >= 4 is 23.2 Å². The fourth-order valence-corrected chi connectivity index (χ4v) is 2.70. The van der Waals surface area contributed by atoms with E-state index in [4.69, 9.17) is 17.3 Å². The summed E-state index contributed by atoms with van der Waals surface area (Å²) in [7, 11) is 0. The Bertz CT molecular complexity index is 422. The third kappa shape index (κ3) is 3.72. The molecule has 1 amide bonds. The molecule has 0 heterocycles. The molecule has 2 rings (SSSR count). The summed E-state index contributed by atoms with van der Waals surface area (Å²) in [6.45, 7) is 0. The van der Waals surface area contributed by atoms with Gasteiger partial charge in [0, 0.05) is 23.2 Å². The van der Waals surface area contributed by atoms with Crippen LogP contribution in [0.1, 0.15) is 32.1 Å². The van der Waals surface area contributed by atoms with Gasteiger partial charge in [0.15, 0.2) is 0 Å². The smallest absolute Gasteiger partial charge is 0.224 e. The first-order valence-corrected chi connectivity index (χ1v) is 6.84. The molecule has 1 aromatic rings. The van der Waals surface area contributed by atoms with E-state index in [0.29, 0.717) is 17.4 Å². The first-order chi connectivity index (χ1) is 8.65. The number of nitrogens with two attached hydrogens (primary N) is 1. The topological polar surface area (TPSA) is 55.1 Å². The number of carbonyl (C=O) groups is 1. The van der Waals surface area contributed by atoms with Crippen LogP contribution < -0.4 is 11.1 Å². The lowest BCUT2D eigenvalue weighted by molar-refractivity contribution is -0.117. The average molecular weight is 267 g/mol. The molecule has 0 bridgehead atoms. The van der Waals surface area contributed by atoms with E-state index in [1.165, 1.54) is 12.8 Å². The van der Waals surface area contributed by atoms with Crippen molar-refractivity contribution in [3.8, 4) is 0 Å². The maximum atomic E-state index is 11.9. The summed E-state index contributed by atoms with van der Waals surface area (Å²) in [6.07, 6.45) is 4.98. The lowest BCUT2D eigenvalue weighted by Gasteiger charge is -2.27. The van der Waals surface area contributed by atoms with Crippen LogP contribution in [0.3, 0.4) is 0 Å². The highest BCUT2D eigenvalue weighted by molar-refractivity contribution is 6.30. The zero-order valence-corrected chi connectivity index (χ0v) is 11.1. The second kappa shape index (κ2) is 6.21. The number of nitrogens with one attached hydrogen (secondary N) is 1. The van der Waals surface area contributed by atoms with Gasteiger partial charge in [0.05, 0.1) is 0 Å². The quantitative estimate of drug-likeness (QED) is 0.883. The predicted molar refractivity (Wildman–Crippen MR) is 74.6 cm³/mol. The Morgan fingerprint density at radius 2 is 2.17 bits per heavy atom. The Morgan fingerprint density at radius 3 is 2.89 bits per heavy atom. The van der Waals surface area contributed by atoms with Crippen molar-refractivity contribution in [1.29, 1.82) is 0 Å². The molecule has 1 aliphatic rings. The number of benzene rings is 1. The summed E-state index contributed by atoms with van der Waals surface area (Å²) in [6, 6.07) is 7.37. The van der Waals surface area contributed by atoms with Crippen molar-refractivity contribution in [3.63, 3.8) is 0 Å². The molecule has 18 heavy (non-hydrogen) atoms. The zero-order chi connectivity index (χ0) is 13.0. The van der Waals surface area contributed by atoms with Gasteiger partial charge in [-0.3, -0.25) is 4.79 Å². The lowest BCUT2D eigenvalue weighted by Crippen LogP contribution is -2.35. The van der Waals surface area contributed by atoms with Crippen LogP contribution >= 0.6 is 11.6 Å². The first-order valence-electron chi connectivity index (χ1n) is 6.46. The Labute approximate surface area is 113 Å². The van der Waals surface area contributed by atoms with Gasteiger partial charge in [0.25, 0.3) is 0 Å². The fraction of sp³-hybridized carbons (Fsp3) is 0.500. The second-order valence-electron chi connectivity index (χ2n) is 4.97. The van der Waals surface area contributed by atoms with Gasteiger partial charge in [-0.25, -0.2) is 0 Å². The van der Waals surface area contributed by atoms with Crippen LogP contribution in [0.4, 0.5) is 5.69 Å². The Kier molecular flexibility index (Phi) is 4.61. The molecule has 0 spiro atoms. The van der Waals surface area contributed by atoms with E-state index in [0.717, 1.165) is 18.5 Å². The Balaban J connectivity index is 1.88. The highest BCUT2D eigenvalue weighted by atomic mass is 35.5. The molecule has 2 unspecified atom stereocenters. The van der Waals surface area contributed by atoms with Gasteiger partial charge in [0.1, 0.15) is 0 Å². The molecular weight excluding hydrogens is 248 g/mol. The number of amides is 1. The minimum Gasteiger partial charge on any atom is -0.327 e. The highest BCUT2D eigenvalue weighted by Crippen LogP contribution is 2.26. The molecule has 1 fully saturated rings. The van der Waals surface area contributed by atoms with Crippen LogP contribution in [0, 0.1) is 5.92 Å². The normalized spacial score (nSPS) is 23.7. The van der Waals surface area contributed by atoms with Crippen molar-refractivity contribution in [1.82, 2.24) is 0 Å². The van der Waals surface area contributed by atoms with Gasteiger partial charge in [0.2, 0.25) is 5.91 Å². The molecule has 2 atom stereocenters. The molecular formula is C14H19ClN2O. The minimum absolute atomic E-state index is 0.0274. The van der Waals surface area contributed by atoms with Crippen LogP contribution in [0.15, 0.2) is 24.3 Å². The molecule has 3 N–H and O–H groups in total. The minimum atomic E-state index is 0.0274. The van der Waals surface area contributed by atoms with Gasteiger partial charge >= 0.3 is 0 Å². The number of anilines is 1. The van der Waals surface area contributed by atoms with E-state index in [2.05, 4.69) is 5.32 Å². The van der Waals surface area contributed by atoms with E-state index in [-0.39, 0.29) is 11.9 Å². The van der Waals surface area contributed by atoms with E-state index < -0.39 is 0 Å². The van der Waals surface area contributed by atoms with Gasteiger partial charge in [-0.2, -0.15) is 0 Å². The van der Waals surface area contributed by atoms with Crippen LogP contribution in [0.25, 0.3) is 0 Å². The lowest BCUT2D eigenvalue weighted by atomic mass is 9.83. The fourth-order valence-electron chi connectivity index (χ4n) is 2.51.